The van der Waals surface area contributed by atoms with E-state index >= 15 is 0 Å². The molecule has 10 heteroatoms. The lowest BCUT2D eigenvalue weighted by molar-refractivity contribution is 0.233. The molecule has 1 aliphatic carbocycles. The van der Waals surface area contributed by atoms with Gasteiger partial charge in [0, 0.05) is 5.92 Å². The first kappa shape index (κ1) is 22.8. The van der Waals surface area contributed by atoms with Crippen LogP contribution in [0.15, 0.2) is 91.0 Å². The maximum Gasteiger partial charge on any atom is 0.352 e. The first-order chi connectivity index (χ1) is 18.5. The van der Waals surface area contributed by atoms with E-state index in [1.165, 1.54) is 18.7 Å². The molecule has 3 aliphatic rings. The Balaban J connectivity index is 1.49. The van der Waals surface area contributed by atoms with E-state index < -0.39 is 34.8 Å². The van der Waals surface area contributed by atoms with Gasteiger partial charge >= 0.3 is 22.8 Å². The minimum absolute atomic E-state index is 0.0376. The maximum absolute atomic E-state index is 13.8. The van der Waals surface area contributed by atoms with Crippen LogP contribution in [0.5, 0.6) is 0 Å². The Hall–Kier alpha value is -4.34. The van der Waals surface area contributed by atoms with Gasteiger partial charge in [0.2, 0.25) is 0 Å². The SMILES string of the molecule is CC1=C2C(Cn3c(=O)n(-c4ccccc4)c(=O)n3C2[C]2[CH][CH][CH][CH]2)n2c(=O)n(-c3ccccc3)c(=O)n2C1. The average molecular weight is 508 g/mol. The number of aromatic nitrogens is 6. The molecule has 0 N–H and O–H groups in total. The Kier molecular flexibility index (Phi) is 5.01. The Morgan fingerprint density at radius 1 is 0.658 bits per heavy atom. The van der Waals surface area contributed by atoms with Crippen molar-refractivity contribution in [3.63, 3.8) is 0 Å². The van der Waals surface area contributed by atoms with Gasteiger partial charge in [-0.15, -0.1) is 0 Å². The van der Waals surface area contributed by atoms with Gasteiger partial charge < -0.3 is 0 Å². The first-order valence-electron chi connectivity index (χ1n) is 12.4. The number of hydrogen-bond acceptors (Lipinski definition) is 4. The zero-order valence-corrected chi connectivity index (χ0v) is 20.5. The van der Waals surface area contributed by atoms with E-state index in [9.17, 15) is 19.2 Å². The molecule has 0 bridgehead atoms. The molecule has 2 aromatic heterocycles. The lowest BCUT2D eigenvalue weighted by Gasteiger charge is -2.41. The molecule has 7 rings (SSSR count). The van der Waals surface area contributed by atoms with Crippen LogP contribution in [0.25, 0.3) is 11.4 Å². The van der Waals surface area contributed by atoms with Crippen LogP contribution in [0.3, 0.4) is 0 Å². The summed E-state index contributed by atoms with van der Waals surface area (Å²) < 4.78 is 8.11. The van der Waals surface area contributed by atoms with Crippen LogP contribution in [0.2, 0.25) is 0 Å². The van der Waals surface area contributed by atoms with E-state index in [0.29, 0.717) is 11.4 Å². The minimum Gasteiger partial charge on any atom is -0.246 e. The minimum atomic E-state index is -0.627. The van der Waals surface area contributed by atoms with E-state index in [-0.39, 0.29) is 13.1 Å². The molecule has 0 spiro atoms. The third-order valence-corrected chi connectivity index (χ3v) is 7.57. The lowest BCUT2D eigenvalue weighted by atomic mass is 9.83. The normalized spacial score (nSPS) is 20.9. The summed E-state index contributed by atoms with van der Waals surface area (Å²) in [4.78, 5) is 54.8. The zero-order chi connectivity index (χ0) is 26.1. The average Bonchev–Trinajstić information content (AvgIpc) is 3.61. The molecule has 38 heavy (non-hydrogen) atoms. The van der Waals surface area contributed by atoms with Crippen molar-refractivity contribution in [2.75, 3.05) is 0 Å². The first-order valence-corrected chi connectivity index (χ1v) is 12.4. The van der Waals surface area contributed by atoms with Crippen LogP contribution in [0.1, 0.15) is 19.0 Å². The summed E-state index contributed by atoms with van der Waals surface area (Å²) in [5.74, 6) is 0.830. The molecular formula is C28H23N6O4. The number of hydrogen-bond donors (Lipinski definition) is 0. The maximum atomic E-state index is 13.8. The second-order valence-corrected chi connectivity index (χ2v) is 9.67. The number of allylic oxidation sites excluding steroid dienone is 2. The Bertz CT molecular complexity index is 1820. The van der Waals surface area contributed by atoms with Crippen LogP contribution in [0, 0.1) is 31.6 Å². The van der Waals surface area contributed by atoms with Gasteiger partial charge in [-0.1, -0.05) is 36.4 Å². The summed E-state index contributed by atoms with van der Waals surface area (Å²) in [6.07, 6.45) is 7.59. The Morgan fingerprint density at radius 3 is 1.76 bits per heavy atom. The molecule has 10 nitrogen and oxygen atoms in total. The molecule has 2 aromatic carbocycles. The number of rotatable bonds is 3. The topological polar surface area (TPSA) is 97.9 Å². The summed E-state index contributed by atoms with van der Waals surface area (Å²) in [6.45, 7) is 2.16. The van der Waals surface area contributed by atoms with Gasteiger partial charge in [-0.05, 0) is 68.0 Å². The monoisotopic (exact) mass is 507 g/mol. The number of fused-ring (bicyclic) bond motifs is 4. The molecular weight excluding hydrogens is 484 g/mol. The van der Waals surface area contributed by atoms with Crippen LogP contribution in [-0.2, 0) is 13.1 Å². The number of nitrogens with zero attached hydrogens (tertiary/aromatic N) is 6. The highest BCUT2D eigenvalue weighted by molar-refractivity contribution is 5.45. The van der Waals surface area contributed by atoms with E-state index in [0.717, 1.165) is 26.2 Å². The highest BCUT2D eigenvalue weighted by atomic mass is 16.2. The zero-order valence-electron chi connectivity index (χ0n) is 20.5. The summed E-state index contributed by atoms with van der Waals surface area (Å²) in [7, 11) is 0. The molecule has 0 saturated heterocycles. The summed E-state index contributed by atoms with van der Waals surface area (Å²) in [5.41, 5.74) is 0.792. The standard InChI is InChI=1S/C28H23N6O4/c1-18-16-29-25(35)31(20-12-4-2-5-13-20)27(37)33(29)22-17-30-26(36)32(21-14-6-3-7-15-21)28(38)34(30)24(23(18)22)19-10-8-9-11-19/h2-15,22,24H,16-17H2,1H3. The van der Waals surface area contributed by atoms with E-state index in [4.69, 9.17) is 0 Å². The second-order valence-electron chi connectivity index (χ2n) is 9.67. The van der Waals surface area contributed by atoms with Crippen molar-refractivity contribution in [1.29, 1.82) is 0 Å². The van der Waals surface area contributed by atoms with Crippen LogP contribution >= 0.6 is 0 Å². The third-order valence-electron chi connectivity index (χ3n) is 7.57. The molecule has 0 amide bonds. The number of para-hydroxylation sites is 2. The smallest absolute Gasteiger partial charge is 0.246 e. The molecule has 189 valence electrons. The van der Waals surface area contributed by atoms with Crippen molar-refractivity contribution >= 4 is 0 Å². The number of benzene rings is 2. The Labute approximate surface area is 216 Å². The fraction of sp³-hybridized carbons (Fsp3) is 0.179. The van der Waals surface area contributed by atoms with Crippen LogP contribution in [0.4, 0.5) is 0 Å². The highest BCUT2D eigenvalue weighted by Crippen LogP contribution is 2.46. The second kappa shape index (κ2) is 8.34. The molecule has 2 aliphatic heterocycles. The van der Waals surface area contributed by atoms with Crippen molar-refractivity contribution < 1.29 is 0 Å². The van der Waals surface area contributed by atoms with Gasteiger partial charge in [0.05, 0.1) is 36.5 Å². The molecule has 2 unspecified atom stereocenters. The van der Waals surface area contributed by atoms with Crippen molar-refractivity contribution in [3.8, 4) is 11.4 Å². The lowest BCUT2D eigenvalue weighted by Crippen LogP contribution is -2.48. The summed E-state index contributed by atoms with van der Waals surface area (Å²) in [5, 5.41) is 0. The van der Waals surface area contributed by atoms with Gasteiger partial charge in [-0.3, -0.25) is 0 Å². The largest absolute Gasteiger partial charge is 0.352 e. The summed E-state index contributed by atoms with van der Waals surface area (Å²) in [6, 6.07) is 16.4. The molecule has 1 fully saturated rings. The predicted molar refractivity (Wildman–Crippen MR) is 140 cm³/mol. The highest BCUT2D eigenvalue weighted by Gasteiger charge is 2.46. The fourth-order valence-corrected chi connectivity index (χ4v) is 5.96. The molecule has 2 atom stereocenters. The van der Waals surface area contributed by atoms with Crippen molar-refractivity contribution in [2.45, 2.75) is 32.1 Å². The molecule has 4 heterocycles. The summed E-state index contributed by atoms with van der Waals surface area (Å²) >= 11 is 0. The quantitative estimate of drug-likeness (QED) is 0.392. The van der Waals surface area contributed by atoms with Crippen molar-refractivity contribution in [2.24, 2.45) is 0 Å². The Morgan fingerprint density at radius 2 is 1.18 bits per heavy atom. The van der Waals surface area contributed by atoms with Gasteiger partial charge in [0.25, 0.3) is 0 Å². The van der Waals surface area contributed by atoms with E-state index in [1.54, 1.807) is 48.5 Å². The van der Waals surface area contributed by atoms with Gasteiger partial charge in [0.15, 0.2) is 0 Å². The van der Waals surface area contributed by atoms with Crippen molar-refractivity contribution in [1.82, 2.24) is 27.9 Å². The van der Waals surface area contributed by atoms with Crippen LogP contribution in [-0.4, -0.2) is 27.9 Å². The predicted octanol–water partition coefficient (Wildman–Crippen LogP) is 1.45. The van der Waals surface area contributed by atoms with E-state index in [1.807, 2.05) is 44.7 Å². The van der Waals surface area contributed by atoms with Gasteiger partial charge in [-0.2, -0.15) is 0 Å². The molecule has 5 radical (unpaired) electrons. The molecule has 1 saturated carbocycles. The van der Waals surface area contributed by atoms with Gasteiger partial charge in [-0.25, -0.2) is 47.0 Å². The van der Waals surface area contributed by atoms with Crippen molar-refractivity contribution in [3.05, 3.63) is 145 Å². The molecule has 4 aromatic rings. The van der Waals surface area contributed by atoms with Gasteiger partial charge in [0.1, 0.15) is 0 Å². The van der Waals surface area contributed by atoms with E-state index in [2.05, 4.69) is 0 Å². The third kappa shape index (κ3) is 3.06. The van der Waals surface area contributed by atoms with Crippen LogP contribution < -0.4 is 22.8 Å². The fourth-order valence-electron chi connectivity index (χ4n) is 5.96.